The molecule has 0 saturated heterocycles. The minimum absolute atomic E-state index is 0.204. The molecule has 0 fully saturated rings. The van der Waals surface area contributed by atoms with Gasteiger partial charge in [-0.25, -0.2) is 4.39 Å². The average molecular weight is 238 g/mol. The molecule has 17 heavy (non-hydrogen) atoms. The van der Waals surface area contributed by atoms with E-state index in [1.54, 1.807) is 6.07 Å². The van der Waals surface area contributed by atoms with Crippen molar-refractivity contribution in [3.63, 3.8) is 0 Å². The van der Waals surface area contributed by atoms with E-state index in [1.807, 2.05) is 19.9 Å². The van der Waals surface area contributed by atoms with Crippen molar-refractivity contribution in [3.05, 3.63) is 29.6 Å². The van der Waals surface area contributed by atoms with Crippen LogP contribution in [0.5, 0.6) is 5.75 Å². The van der Waals surface area contributed by atoms with E-state index in [0.29, 0.717) is 24.5 Å². The lowest BCUT2D eigenvalue weighted by molar-refractivity contribution is 0.194. The molecule has 1 aliphatic heterocycles. The van der Waals surface area contributed by atoms with Crippen LogP contribution in [0.15, 0.2) is 18.2 Å². The fraction of sp³-hybridized carbons (Fsp3) is 0.538. The van der Waals surface area contributed by atoms with Crippen molar-refractivity contribution < 1.29 is 9.13 Å². The second-order valence-corrected chi connectivity index (χ2v) is 5.26. The van der Waals surface area contributed by atoms with Gasteiger partial charge in [0.2, 0.25) is 0 Å². The van der Waals surface area contributed by atoms with Gasteiger partial charge in [-0.2, -0.15) is 0 Å². The predicted molar refractivity (Wildman–Crippen MR) is 65.4 cm³/mol. The molecule has 0 bridgehead atoms. The van der Waals surface area contributed by atoms with Crippen LogP contribution in [0.1, 0.15) is 19.4 Å². The Balaban J connectivity index is 2.19. The highest BCUT2D eigenvalue weighted by atomic mass is 19.1. The largest absolute Gasteiger partial charge is 0.492 e. The Hall–Kier alpha value is -1.13. The third-order valence-corrected chi connectivity index (χ3v) is 2.75. The monoisotopic (exact) mass is 238 g/mol. The maximum Gasteiger partial charge on any atom is 0.131 e. The minimum Gasteiger partial charge on any atom is -0.492 e. The predicted octanol–water partition coefficient (Wildman–Crippen LogP) is 1.76. The van der Waals surface area contributed by atoms with Gasteiger partial charge >= 0.3 is 0 Å². The maximum atomic E-state index is 13.7. The first-order valence-electron chi connectivity index (χ1n) is 5.87. The fourth-order valence-corrected chi connectivity index (χ4v) is 2.13. The average Bonchev–Trinajstić information content (AvgIpc) is 2.38. The van der Waals surface area contributed by atoms with Crippen LogP contribution in [0.25, 0.3) is 0 Å². The van der Waals surface area contributed by atoms with Crippen LogP contribution in [0, 0.1) is 5.82 Å². The summed E-state index contributed by atoms with van der Waals surface area (Å²) in [7, 11) is 0. The van der Waals surface area contributed by atoms with E-state index < -0.39 is 0 Å². The fourth-order valence-electron chi connectivity index (χ4n) is 2.13. The Morgan fingerprint density at radius 2 is 2.24 bits per heavy atom. The summed E-state index contributed by atoms with van der Waals surface area (Å²) in [6, 6.07) is 4.96. The molecule has 1 aromatic rings. The molecule has 1 aliphatic rings. The zero-order valence-electron chi connectivity index (χ0n) is 10.4. The third-order valence-electron chi connectivity index (χ3n) is 2.75. The van der Waals surface area contributed by atoms with Crippen molar-refractivity contribution in [1.29, 1.82) is 0 Å². The lowest BCUT2D eigenvalue weighted by Gasteiger charge is -2.28. The number of halogens is 1. The second-order valence-electron chi connectivity index (χ2n) is 5.26. The van der Waals surface area contributed by atoms with Crippen molar-refractivity contribution in [3.8, 4) is 5.75 Å². The molecule has 94 valence electrons. The number of nitrogens with two attached hydrogens (primary N) is 1. The maximum absolute atomic E-state index is 13.7. The smallest absolute Gasteiger partial charge is 0.131 e. The van der Waals surface area contributed by atoms with Crippen LogP contribution in [0.4, 0.5) is 4.39 Å². The van der Waals surface area contributed by atoms with Crippen molar-refractivity contribution in [1.82, 2.24) is 4.90 Å². The molecule has 0 unspecified atom stereocenters. The molecule has 0 amide bonds. The van der Waals surface area contributed by atoms with Gasteiger partial charge in [0.25, 0.3) is 0 Å². The summed E-state index contributed by atoms with van der Waals surface area (Å²) in [6.07, 6.45) is 0. The molecule has 2 rings (SSSR count). The minimum atomic E-state index is -0.282. The van der Waals surface area contributed by atoms with Gasteiger partial charge in [0.15, 0.2) is 0 Å². The van der Waals surface area contributed by atoms with Crippen molar-refractivity contribution in [2.75, 3.05) is 19.7 Å². The van der Waals surface area contributed by atoms with Crippen LogP contribution in [0.3, 0.4) is 0 Å². The second kappa shape index (κ2) is 4.63. The zero-order chi connectivity index (χ0) is 12.5. The highest BCUT2D eigenvalue weighted by molar-refractivity contribution is 5.35. The molecule has 1 heterocycles. The first kappa shape index (κ1) is 12.3. The van der Waals surface area contributed by atoms with E-state index >= 15 is 0 Å². The van der Waals surface area contributed by atoms with Crippen molar-refractivity contribution in [2.45, 2.75) is 25.9 Å². The van der Waals surface area contributed by atoms with Crippen LogP contribution in [-0.4, -0.2) is 30.1 Å². The van der Waals surface area contributed by atoms with Gasteiger partial charge < -0.3 is 10.5 Å². The van der Waals surface area contributed by atoms with Gasteiger partial charge in [-0.05, 0) is 26.0 Å². The van der Waals surface area contributed by atoms with Crippen molar-refractivity contribution >= 4 is 0 Å². The molecule has 0 aliphatic carbocycles. The third kappa shape index (κ3) is 3.17. The first-order chi connectivity index (χ1) is 7.96. The summed E-state index contributed by atoms with van der Waals surface area (Å²) in [5.41, 5.74) is 6.35. The zero-order valence-corrected chi connectivity index (χ0v) is 10.4. The number of rotatable bonds is 2. The van der Waals surface area contributed by atoms with E-state index in [1.165, 1.54) is 6.07 Å². The molecular weight excluding hydrogens is 219 g/mol. The summed E-state index contributed by atoms with van der Waals surface area (Å²) in [4.78, 5) is 2.13. The standard InChI is InChI=1S/C13H19FN2O/c1-13(2,15)9-16-6-7-17-12-5-3-4-11(14)10(12)8-16/h3-5H,6-9,15H2,1-2H3. The molecule has 1 aromatic carbocycles. The summed E-state index contributed by atoms with van der Waals surface area (Å²) in [6.45, 7) is 6.58. The first-order valence-corrected chi connectivity index (χ1v) is 5.87. The number of fused-ring (bicyclic) bond motifs is 1. The number of nitrogens with zero attached hydrogens (tertiary/aromatic N) is 1. The summed E-state index contributed by atoms with van der Waals surface area (Å²) in [5.74, 6) is 0.451. The van der Waals surface area contributed by atoms with Gasteiger partial charge in [0.05, 0.1) is 0 Å². The van der Waals surface area contributed by atoms with Gasteiger partial charge in [-0.3, -0.25) is 4.90 Å². The van der Waals surface area contributed by atoms with Crippen LogP contribution < -0.4 is 10.5 Å². The highest BCUT2D eigenvalue weighted by Crippen LogP contribution is 2.25. The van der Waals surface area contributed by atoms with Crippen LogP contribution >= 0.6 is 0 Å². The Bertz CT molecular complexity index is 401. The van der Waals surface area contributed by atoms with Gasteiger partial charge in [-0.1, -0.05) is 6.07 Å². The van der Waals surface area contributed by atoms with Crippen LogP contribution in [0.2, 0.25) is 0 Å². The van der Waals surface area contributed by atoms with Gasteiger partial charge in [0.1, 0.15) is 18.2 Å². The van der Waals surface area contributed by atoms with E-state index in [0.717, 1.165) is 13.1 Å². The van der Waals surface area contributed by atoms with E-state index in [-0.39, 0.29) is 11.4 Å². The van der Waals surface area contributed by atoms with E-state index in [2.05, 4.69) is 4.90 Å². The SMILES string of the molecule is CC(C)(N)CN1CCOc2cccc(F)c2C1. The van der Waals surface area contributed by atoms with E-state index in [4.69, 9.17) is 10.5 Å². The molecule has 3 nitrogen and oxygen atoms in total. The van der Waals surface area contributed by atoms with Crippen molar-refractivity contribution in [2.24, 2.45) is 5.73 Å². The molecule has 0 atom stereocenters. The molecule has 0 aromatic heterocycles. The summed E-state index contributed by atoms with van der Waals surface area (Å²) < 4.78 is 19.3. The highest BCUT2D eigenvalue weighted by Gasteiger charge is 2.22. The summed E-state index contributed by atoms with van der Waals surface area (Å²) >= 11 is 0. The number of hydrogen-bond donors (Lipinski definition) is 1. The topological polar surface area (TPSA) is 38.5 Å². The number of ether oxygens (including phenoxy) is 1. The Morgan fingerprint density at radius 1 is 1.47 bits per heavy atom. The quantitative estimate of drug-likeness (QED) is 0.853. The molecule has 4 heteroatoms. The number of benzene rings is 1. The van der Waals surface area contributed by atoms with E-state index in [9.17, 15) is 4.39 Å². The summed E-state index contributed by atoms with van der Waals surface area (Å²) in [5, 5.41) is 0. The van der Waals surface area contributed by atoms with Gasteiger partial charge in [-0.15, -0.1) is 0 Å². The lowest BCUT2D eigenvalue weighted by Crippen LogP contribution is -2.45. The van der Waals surface area contributed by atoms with Crippen LogP contribution in [-0.2, 0) is 6.54 Å². The molecule has 2 N–H and O–H groups in total. The number of hydrogen-bond acceptors (Lipinski definition) is 3. The molecule has 0 radical (unpaired) electrons. The molecule has 0 spiro atoms. The normalized spacial score (nSPS) is 17.2. The lowest BCUT2D eigenvalue weighted by atomic mass is 10.1. The Kier molecular flexibility index (Phi) is 3.35. The van der Waals surface area contributed by atoms with Gasteiger partial charge in [0, 0.05) is 30.7 Å². The molecular formula is C13H19FN2O. The molecule has 0 saturated carbocycles. The Morgan fingerprint density at radius 3 is 2.94 bits per heavy atom. The Labute approximate surface area is 101 Å².